The topological polar surface area (TPSA) is 47.6 Å². The average Bonchev–Trinajstić information content (AvgIpc) is 3.21. The summed E-state index contributed by atoms with van der Waals surface area (Å²) < 4.78 is 10.8. The fraction of sp³-hybridized carbons (Fsp3) is 0.400. The van der Waals surface area contributed by atoms with Gasteiger partial charge in [0.25, 0.3) is 0 Å². The molecule has 3 unspecified atom stereocenters. The Labute approximate surface area is 172 Å². The van der Waals surface area contributed by atoms with E-state index in [0.29, 0.717) is 23.3 Å². The second-order valence-corrected chi connectivity index (χ2v) is 8.49. The third-order valence-electron chi connectivity index (χ3n) is 5.94. The van der Waals surface area contributed by atoms with Gasteiger partial charge in [0.05, 0.1) is 25.3 Å². The van der Waals surface area contributed by atoms with E-state index in [0.717, 1.165) is 30.0 Å². The number of esters is 1. The Morgan fingerprint density at radius 2 is 2.00 bits per heavy atom. The molecule has 0 fully saturated rings. The Morgan fingerprint density at radius 1 is 1.17 bits per heavy atom. The molecular formula is C25H29NO3. The zero-order valence-electron chi connectivity index (χ0n) is 17.6. The molecular weight excluding hydrogens is 362 g/mol. The molecule has 0 bridgehead atoms. The number of rotatable bonds is 5. The lowest BCUT2D eigenvalue weighted by atomic mass is 9.76. The summed E-state index contributed by atoms with van der Waals surface area (Å²) in [6, 6.07) is 12.5. The zero-order chi connectivity index (χ0) is 20.5. The maximum atomic E-state index is 11.9. The van der Waals surface area contributed by atoms with Crippen molar-refractivity contribution in [2.45, 2.75) is 39.2 Å². The van der Waals surface area contributed by atoms with Gasteiger partial charge in [-0.1, -0.05) is 32.1 Å². The van der Waals surface area contributed by atoms with Gasteiger partial charge >= 0.3 is 5.97 Å². The number of benzene rings is 2. The molecule has 2 aromatic rings. The van der Waals surface area contributed by atoms with Gasteiger partial charge in [-0.25, -0.2) is 4.79 Å². The number of carbonyl (C=O) groups is 1. The molecule has 4 heteroatoms. The van der Waals surface area contributed by atoms with E-state index in [2.05, 4.69) is 62.5 Å². The molecule has 2 aliphatic rings. The number of hydrogen-bond donors (Lipinski definition) is 1. The third kappa shape index (κ3) is 3.76. The van der Waals surface area contributed by atoms with Gasteiger partial charge in [0.15, 0.2) is 0 Å². The smallest absolute Gasteiger partial charge is 0.337 e. The van der Waals surface area contributed by atoms with Crippen LogP contribution in [0.4, 0.5) is 5.69 Å². The molecule has 0 amide bonds. The molecule has 0 saturated heterocycles. The van der Waals surface area contributed by atoms with Crippen molar-refractivity contribution in [2.24, 2.45) is 11.8 Å². The molecule has 1 heterocycles. The first kappa shape index (κ1) is 19.6. The van der Waals surface area contributed by atoms with E-state index in [9.17, 15) is 4.79 Å². The highest BCUT2D eigenvalue weighted by Gasteiger charge is 2.38. The number of methoxy groups -OCH3 is 1. The van der Waals surface area contributed by atoms with Gasteiger partial charge in [-0.05, 0) is 72.2 Å². The first-order valence-electron chi connectivity index (χ1n) is 10.4. The lowest BCUT2D eigenvalue weighted by Crippen LogP contribution is -2.29. The molecule has 3 atom stereocenters. The van der Waals surface area contributed by atoms with Crippen molar-refractivity contribution in [3.05, 3.63) is 70.8 Å². The van der Waals surface area contributed by atoms with Crippen LogP contribution in [0.15, 0.2) is 48.6 Å². The molecule has 152 valence electrons. The minimum atomic E-state index is -0.295. The highest BCUT2D eigenvalue weighted by Crippen LogP contribution is 2.51. The van der Waals surface area contributed by atoms with Crippen LogP contribution in [0.25, 0.3) is 0 Å². The number of aryl methyl sites for hydroxylation is 1. The van der Waals surface area contributed by atoms with Gasteiger partial charge in [0.2, 0.25) is 0 Å². The summed E-state index contributed by atoms with van der Waals surface area (Å²) in [6.45, 7) is 7.12. The largest absolute Gasteiger partial charge is 0.493 e. The van der Waals surface area contributed by atoms with Gasteiger partial charge in [-0.2, -0.15) is 0 Å². The molecule has 29 heavy (non-hydrogen) atoms. The summed E-state index contributed by atoms with van der Waals surface area (Å²) in [5, 5.41) is 3.77. The average molecular weight is 392 g/mol. The van der Waals surface area contributed by atoms with E-state index in [1.54, 1.807) is 0 Å². The number of allylic oxidation sites excluding steroid dienone is 2. The van der Waals surface area contributed by atoms with E-state index in [1.807, 2.05) is 12.1 Å². The van der Waals surface area contributed by atoms with Gasteiger partial charge in [0, 0.05) is 11.6 Å². The number of carbonyl (C=O) groups excluding carboxylic acids is 1. The van der Waals surface area contributed by atoms with Crippen molar-refractivity contribution in [3.63, 3.8) is 0 Å². The molecule has 1 aliphatic carbocycles. The van der Waals surface area contributed by atoms with Crippen LogP contribution in [-0.4, -0.2) is 19.7 Å². The van der Waals surface area contributed by atoms with Crippen LogP contribution in [0.3, 0.4) is 0 Å². The lowest BCUT2D eigenvalue weighted by molar-refractivity contribution is 0.0600. The van der Waals surface area contributed by atoms with E-state index >= 15 is 0 Å². The maximum Gasteiger partial charge on any atom is 0.337 e. The Bertz CT molecular complexity index is 947. The molecule has 1 N–H and O–H groups in total. The Kier molecular flexibility index (Phi) is 5.35. The summed E-state index contributed by atoms with van der Waals surface area (Å²) in [4.78, 5) is 11.9. The Hall–Kier alpha value is -2.75. The number of fused-ring (bicyclic) bond motifs is 3. The predicted octanol–water partition coefficient (Wildman–Crippen LogP) is 5.64. The van der Waals surface area contributed by atoms with Crippen LogP contribution in [0.1, 0.15) is 59.3 Å². The number of ether oxygens (including phenoxy) is 2. The standard InChI is InChI=1S/C25H29NO3/c1-15(2)14-29-18-9-11-23-22(13-18)20-6-5-7-21(20)24(26-23)19-10-8-17(12-16(19)3)25(27)28-4/h5-6,8-13,15,20-21,24,26H,7,14H2,1-4H3. The summed E-state index contributed by atoms with van der Waals surface area (Å²) in [6.07, 6.45) is 5.66. The minimum Gasteiger partial charge on any atom is -0.493 e. The summed E-state index contributed by atoms with van der Waals surface area (Å²) >= 11 is 0. The van der Waals surface area contributed by atoms with Crippen LogP contribution in [0.5, 0.6) is 5.75 Å². The molecule has 4 rings (SSSR count). The van der Waals surface area contributed by atoms with E-state index in [4.69, 9.17) is 9.47 Å². The molecule has 4 nitrogen and oxygen atoms in total. The third-order valence-corrected chi connectivity index (χ3v) is 5.94. The number of hydrogen-bond acceptors (Lipinski definition) is 4. The van der Waals surface area contributed by atoms with E-state index in [1.165, 1.54) is 18.2 Å². The lowest BCUT2D eigenvalue weighted by Gasteiger charge is -2.38. The molecule has 0 spiro atoms. The fourth-order valence-corrected chi connectivity index (χ4v) is 4.50. The molecule has 0 radical (unpaired) electrons. The van der Waals surface area contributed by atoms with Gasteiger partial charge in [-0.3, -0.25) is 0 Å². The molecule has 1 aliphatic heterocycles. The zero-order valence-corrected chi connectivity index (χ0v) is 17.6. The van der Waals surface area contributed by atoms with Crippen LogP contribution < -0.4 is 10.1 Å². The van der Waals surface area contributed by atoms with Crippen LogP contribution >= 0.6 is 0 Å². The van der Waals surface area contributed by atoms with Gasteiger partial charge in [0.1, 0.15) is 5.75 Å². The maximum absolute atomic E-state index is 11.9. The van der Waals surface area contributed by atoms with E-state index < -0.39 is 0 Å². The molecule has 0 saturated carbocycles. The van der Waals surface area contributed by atoms with Crippen LogP contribution in [-0.2, 0) is 4.74 Å². The summed E-state index contributed by atoms with van der Waals surface area (Å²) in [7, 11) is 1.42. The molecule has 0 aromatic heterocycles. The monoisotopic (exact) mass is 391 g/mol. The van der Waals surface area contributed by atoms with Crippen molar-refractivity contribution < 1.29 is 14.3 Å². The van der Waals surface area contributed by atoms with Gasteiger partial charge < -0.3 is 14.8 Å². The predicted molar refractivity (Wildman–Crippen MR) is 116 cm³/mol. The first-order chi connectivity index (χ1) is 14.0. The van der Waals surface area contributed by atoms with Crippen molar-refractivity contribution in [1.82, 2.24) is 0 Å². The van der Waals surface area contributed by atoms with Crippen LogP contribution in [0, 0.1) is 18.8 Å². The van der Waals surface area contributed by atoms with Crippen molar-refractivity contribution in [3.8, 4) is 5.75 Å². The highest BCUT2D eigenvalue weighted by atomic mass is 16.5. The second-order valence-electron chi connectivity index (χ2n) is 8.49. The quantitative estimate of drug-likeness (QED) is 0.529. The van der Waals surface area contributed by atoms with E-state index in [-0.39, 0.29) is 12.0 Å². The number of nitrogens with one attached hydrogen (secondary N) is 1. The van der Waals surface area contributed by atoms with Crippen molar-refractivity contribution in [1.29, 1.82) is 0 Å². The normalized spacial score (nSPS) is 22.0. The SMILES string of the molecule is COC(=O)c1ccc(C2Nc3ccc(OCC(C)C)cc3C3C=CCC32)c(C)c1. The second kappa shape index (κ2) is 7.94. The first-order valence-corrected chi connectivity index (χ1v) is 10.4. The van der Waals surface area contributed by atoms with Crippen molar-refractivity contribution in [2.75, 3.05) is 19.0 Å². The van der Waals surface area contributed by atoms with Crippen LogP contribution in [0.2, 0.25) is 0 Å². The van der Waals surface area contributed by atoms with Crippen molar-refractivity contribution >= 4 is 11.7 Å². The Balaban J connectivity index is 1.65. The summed E-state index contributed by atoms with van der Waals surface area (Å²) in [5.74, 6) is 1.97. The van der Waals surface area contributed by atoms with Gasteiger partial charge in [-0.15, -0.1) is 0 Å². The summed E-state index contributed by atoms with van der Waals surface area (Å²) in [5.41, 5.74) is 5.41. The number of anilines is 1. The highest BCUT2D eigenvalue weighted by molar-refractivity contribution is 5.89. The minimum absolute atomic E-state index is 0.205. The molecule has 2 aromatic carbocycles. The Morgan fingerprint density at radius 3 is 2.72 bits per heavy atom. The fourth-order valence-electron chi connectivity index (χ4n) is 4.50.